The molecule has 0 nitrogen and oxygen atoms in total. The number of benzene rings is 1. The summed E-state index contributed by atoms with van der Waals surface area (Å²) in [6.45, 7) is 6.99. The molecule has 396 valence electrons. The van der Waals surface area contributed by atoms with Crippen LogP contribution in [0.3, 0.4) is 0 Å². The van der Waals surface area contributed by atoms with Crippen molar-refractivity contribution in [1.29, 1.82) is 0 Å². The second kappa shape index (κ2) is 56.8. The molecule has 1 aromatic carbocycles. The lowest BCUT2D eigenvalue weighted by molar-refractivity contribution is 0.516. The topological polar surface area (TPSA) is 0 Å². The minimum Gasteiger partial charge on any atom is -0.126 e. The van der Waals surface area contributed by atoms with Crippen molar-refractivity contribution in [2.24, 2.45) is 0 Å². The first-order valence-electron chi connectivity index (χ1n) is 31.7. The van der Waals surface area contributed by atoms with Gasteiger partial charge < -0.3 is 0 Å². The van der Waals surface area contributed by atoms with Gasteiger partial charge in [0, 0.05) is 9.79 Å². The van der Waals surface area contributed by atoms with E-state index in [1.807, 2.05) is 0 Å². The second-order valence-corrected chi connectivity index (χ2v) is 24.1. The Balaban J connectivity index is 1.87. The van der Waals surface area contributed by atoms with E-state index in [1.165, 1.54) is 358 Å². The van der Waals surface area contributed by atoms with Gasteiger partial charge in [-0.15, -0.1) is 23.5 Å². The van der Waals surface area contributed by atoms with Gasteiger partial charge in [0.15, 0.2) is 0 Å². The van der Waals surface area contributed by atoms with E-state index in [9.17, 15) is 0 Å². The van der Waals surface area contributed by atoms with Gasteiger partial charge in [0.05, 0.1) is 0 Å². The van der Waals surface area contributed by atoms with Crippen LogP contribution in [0.15, 0.2) is 28.0 Å². The van der Waals surface area contributed by atoms with Gasteiger partial charge in [-0.1, -0.05) is 354 Å². The van der Waals surface area contributed by atoms with Crippen molar-refractivity contribution in [2.45, 2.75) is 377 Å². The summed E-state index contributed by atoms with van der Waals surface area (Å²) in [5.74, 6) is 2.59. The highest BCUT2D eigenvalue weighted by atomic mass is 32.2. The minimum absolute atomic E-state index is 1.24. The van der Waals surface area contributed by atoms with Gasteiger partial charge in [0.2, 0.25) is 0 Å². The maximum absolute atomic E-state index is 2.42. The van der Waals surface area contributed by atoms with Crippen molar-refractivity contribution in [1.82, 2.24) is 0 Å². The Bertz CT molecular complexity index is 973. The molecule has 0 saturated heterocycles. The van der Waals surface area contributed by atoms with E-state index >= 15 is 0 Å². The minimum atomic E-state index is 1.24. The van der Waals surface area contributed by atoms with Crippen LogP contribution in [0, 0.1) is 0 Å². The Morgan fingerprint density at radius 1 is 0.224 bits per heavy atom. The van der Waals surface area contributed by atoms with Gasteiger partial charge in [0.1, 0.15) is 0 Å². The van der Waals surface area contributed by atoms with Crippen molar-refractivity contribution in [3.05, 3.63) is 23.8 Å². The quantitative estimate of drug-likeness (QED) is 0.0471. The fourth-order valence-electron chi connectivity index (χ4n) is 10.5. The summed E-state index contributed by atoms with van der Waals surface area (Å²) < 4.78 is 0. The molecule has 0 aliphatic heterocycles. The molecular weight excluding hydrogens is 845 g/mol. The van der Waals surface area contributed by atoms with Crippen LogP contribution in [-0.4, -0.2) is 11.5 Å². The third-order valence-electron chi connectivity index (χ3n) is 15.1. The molecule has 0 heterocycles. The van der Waals surface area contributed by atoms with Crippen molar-refractivity contribution >= 4 is 23.5 Å². The Hall–Kier alpha value is -0.0800. The largest absolute Gasteiger partial charge is 0.126 e. The van der Waals surface area contributed by atoms with Crippen LogP contribution in [0.5, 0.6) is 0 Å². The van der Waals surface area contributed by atoms with Crippen LogP contribution in [0.1, 0.15) is 367 Å². The molecule has 0 atom stereocenters. The SMILES string of the molecule is CCCCCCCCCCCCCCCCCCCCCCCCCCCCSc1cccc(SCCCCCCCCCCCCCCCCCCCCCCCCCCCC)c1CCC. The highest BCUT2D eigenvalue weighted by Gasteiger charge is 2.09. The highest BCUT2D eigenvalue weighted by Crippen LogP contribution is 2.34. The van der Waals surface area contributed by atoms with E-state index in [2.05, 4.69) is 62.5 Å². The lowest BCUT2D eigenvalue weighted by Crippen LogP contribution is -1.94. The zero-order chi connectivity index (χ0) is 47.9. The maximum atomic E-state index is 2.42. The molecule has 0 aromatic heterocycles. The summed E-state index contributed by atoms with van der Waals surface area (Å²) in [6.07, 6.45) is 78.8. The molecule has 0 unspecified atom stereocenters. The lowest BCUT2D eigenvalue weighted by atomic mass is 10.0. The lowest BCUT2D eigenvalue weighted by Gasteiger charge is -2.14. The van der Waals surface area contributed by atoms with Gasteiger partial charge in [-0.2, -0.15) is 0 Å². The van der Waals surface area contributed by atoms with Gasteiger partial charge in [-0.3, -0.25) is 0 Å². The predicted octanol–water partition coefficient (Wildman–Crippen LogP) is 25.1. The van der Waals surface area contributed by atoms with E-state index in [0.29, 0.717) is 0 Å². The van der Waals surface area contributed by atoms with E-state index < -0.39 is 0 Å². The molecule has 0 radical (unpaired) electrons. The fraction of sp³-hybridized carbons (Fsp3) is 0.908. The van der Waals surface area contributed by atoms with Crippen molar-refractivity contribution in [3.63, 3.8) is 0 Å². The summed E-state index contributed by atoms with van der Waals surface area (Å²) in [4.78, 5) is 3.16. The molecule has 1 aromatic rings. The molecule has 0 amide bonds. The molecule has 2 heteroatoms. The summed E-state index contributed by atoms with van der Waals surface area (Å²) >= 11 is 4.30. The molecule has 0 spiro atoms. The maximum Gasteiger partial charge on any atom is 0.0115 e. The Morgan fingerprint density at radius 3 is 0.582 bits per heavy atom. The highest BCUT2D eigenvalue weighted by molar-refractivity contribution is 8.00. The normalized spacial score (nSPS) is 11.7. The third-order valence-corrected chi connectivity index (χ3v) is 17.5. The van der Waals surface area contributed by atoms with Crippen molar-refractivity contribution in [3.8, 4) is 0 Å². The summed E-state index contributed by atoms with van der Waals surface area (Å²) in [7, 11) is 0. The first-order chi connectivity index (χ1) is 33.3. The third kappa shape index (κ3) is 48.0. The number of hydrogen-bond donors (Lipinski definition) is 0. The van der Waals surface area contributed by atoms with Crippen LogP contribution in [0.25, 0.3) is 0 Å². The van der Waals surface area contributed by atoms with Gasteiger partial charge in [-0.25, -0.2) is 0 Å². The van der Waals surface area contributed by atoms with Crippen LogP contribution >= 0.6 is 23.5 Å². The molecule has 0 bridgehead atoms. The predicted molar refractivity (Wildman–Crippen MR) is 313 cm³/mol. The summed E-state index contributed by atoms with van der Waals surface area (Å²) in [5, 5.41) is 0. The molecule has 0 aliphatic carbocycles. The van der Waals surface area contributed by atoms with Gasteiger partial charge in [0.25, 0.3) is 0 Å². The van der Waals surface area contributed by atoms with Crippen molar-refractivity contribution < 1.29 is 0 Å². The number of thioether (sulfide) groups is 2. The van der Waals surface area contributed by atoms with E-state index in [-0.39, 0.29) is 0 Å². The monoisotopic (exact) mass is 969 g/mol. The number of unbranched alkanes of at least 4 members (excludes halogenated alkanes) is 50. The molecule has 0 aliphatic rings. The first kappa shape index (κ1) is 64.9. The second-order valence-electron chi connectivity index (χ2n) is 21.9. The average molecular weight is 970 g/mol. The van der Waals surface area contributed by atoms with Gasteiger partial charge >= 0.3 is 0 Å². The molecule has 0 N–H and O–H groups in total. The van der Waals surface area contributed by atoms with Gasteiger partial charge in [-0.05, 0) is 48.5 Å². The first-order valence-corrected chi connectivity index (χ1v) is 33.7. The average Bonchev–Trinajstić information content (AvgIpc) is 3.34. The van der Waals surface area contributed by atoms with Crippen LogP contribution < -0.4 is 0 Å². The van der Waals surface area contributed by atoms with E-state index in [4.69, 9.17) is 0 Å². The number of hydrogen-bond acceptors (Lipinski definition) is 2. The van der Waals surface area contributed by atoms with Crippen molar-refractivity contribution in [2.75, 3.05) is 11.5 Å². The Kier molecular flexibility index (Phi) is 55.1. The fourth-order valence-corrected chi connectivity index (χ4v) is 12.8. The van der Waals surface area contributed by atoms with Crippen LogP contribution in [0.4, 0.5) is 0 Å². The van der Waals surface area contributed by atoms with Crippen LogP contribution in [-0.2, 0) is 6.42 Å². The zero-order valence-corrected chi connectivity index (χ0v) is 48.3. The van der Waals surface area contributed by atoms with Crippen LogP contribution in [0.2, 0.25) is 0 Å². The summed E-state index contributed by atoms with van der Waals surface area (Å²) in [6, 6.07) is 7.18. The Morgan fingerprint density at radius 2 is 0.403 bits per heavy atom. The molecule has 0 saturated carbocycles. The van der Waals surface area contributed by atoms with E-state index in [1.54, 1.807) is 15.4 Å². The molecule has 0 fully saturated rings. The molecular formula is C65H124S2. The Labute approximate surface area is 433 Å². The number of rotatable bonds is 58. The summed E-state index contributed by atoms with van der Waals surface area (Å²) in [5.41, 5.74) is 1.66. The smallest absolute Gasteiger partial charge is 0.0115 e. The molecule has 1 rings (SSSR count). The zero-order valence-electron chi connectivity index (χ0n) is 46.6. The van der Waals surface area contributed by atoms with E-state index in [0.717, 1.165) is 0 Å². The molecule has 67 heavy (non-hydrogen) atoms. The standard InChI is InChI=1S/C65H124S2/c1-4-7-9-11-13-15-17-19-21-23-25-27-29-31-33-35-37-39-41-43-45-47-49-51-53-55-61-66-64-59-57-60-65(63(64)58-6-3)67-62-56-54-52-50-48-46-44-42-40-38-36-34-32-30-28-26-24-22-20-18-16-14-12-10-8-5-2/h57,59-60H,4-56,58,61-62H2,1-3H3.